The fraction of sp³-hybridized carbons (Fsp3) is 0.438. The predicted molar refractivity (Wildman–Crippen MR) is 99.4 cm³/mol. The monoisotopic (exact) mass is 367 g/mol. The highest BCUT2D eigenvalue weighted by molar-refractivity contribution is 8.03. The van der Waals surface area contributed by atoms with Crippen molar-refractivity contribution >= 4 is 40.8 Å². The normalized spacial score (nSPS) is 12.1. The summed E-state index contributed by atoms with van der Waals surface area (Å²) < 4.78 is 1.82. The van der Waals surface area contributed by atoms with Gasteiger partial charge in [0.05, 0.1) is 5.75 Å². The van der Waals surface area contributed by atoms with Crippen molar-refractivity contribution in [2.75, 3.05) is 11.5 Å². The number of aryl methyl sites for hydroxylation is 1. The Kier molecular flexibility index (Phi) is 7.91. The van der Waals surface area contributed by atoms with Gasteiger partial charge in [0, 0.05) is 6.04 Å². The van der Waals surface area contributed by atoms with E-state index in [1.54, 1.807) is 23.1 Å². The van der Waals surface area contributed by atoms with Crippen LogP contribution in [0.1, 0.15) is 25.8 Å². The number of carbonyl (C=O) groups is 1. The van der Waals surface area contributed by atoms with Crippen molar-refractivity contribution in [3.05, 3.63) is 35.9 Å². The van der Waals surface area contributed by atoms with E-state index in [2.05, 4.69) is 34.6 Å². The standard InChI is InChI=1S/C16H21N3OS3/c1-3-21-15-18-19-16(23-15)22-11-14(20)17-12(2)9-10-13-7-5-4-6-8-13/h4-8,12H,3,9-11H2,1-2H3,(H,17,20)/t12-/m0/s1. The molecule has 0 saturated carbocycles. The highest BCUT2D eigenvalue weighted by atomic mass is 32.2. The van der Waals surface area contributed by atoms with Crippen molar-refractivity contribution in [2.24, 2.45) is 0 Å². The van der Waals surface area contributed by atoms with Crippen LogP contribution in [-0.2, 0) is 11.2 Å². The van der Waals surface area contributed by atoms with Crippen molar-refractivity contribution in [1.82, 2.24) is 15.5 Å². The third kappa shape index (κ3) is 6.93. The number of hydrogen-bond donors (Lipinski definition) is 1. The summed E-state index contributed by atoms with van der Waals surface area (Å²) in [7, 11) is 0. The van der Waals surface area contributed by atoms with Gasteiger partial charge in [0.1, 0.15) is 0 Å². The molecular formula is C16H21N3OS3. The Hall–Kier alpha value is -1.05. The molecule has 1 amide bonds. The zero-order valence-electron chi connectivity index (χ0n) is 13.3. The molecule has 2 rings (SSSR count). The van der Waals surface area contributed by atoms with E-state index in [0.717, 1.165) is 27.3 Å². The van der Waals surface area contributed by atoms with Crippen LogP contribution in [0, 0.1) is 0 Å². The fourth-order valence-electron chi connectivity index (χ4n) is 1.98. The van der Waals surface area contributed by atoms with Crippen molar-refractivity contribution in [2.45, 2.75) is 41.4 Å². The fourth-order valence-corrected chi connectivity index (χ4v) is 4.71. The summed E-state index contributed by atoms with van der Waals surface area (Å²) in [6, 6.07) is 10.5. The van der Waals surface area contributed by atoms with E-state index >= 15 is 0 Å². The molecule has 1 aromatic heterocycles. The van der Waals surface area contributed by atoms with Gasteiger partial charge in [0.25, 0.3) is 0 Å². The van der Waals surface area contributed by atoms with Crippen LogP contribution in [0.4, 0.5) is 0 Å². The van der Waals surface area contributed by atoms with Gasteiger partial charge in [-0.05, 0) is 31.1 Å². The first-order valence-electron chi connectivity index (χ1n) is 7.59. The molecule has 0 spiro atoms. The summed E-state index contributed by atoms with van der Waals surface area (Å²) >= 11 is 4.68. The highest BCUT2D eigenvalue weighted by Gasteiger charge is 2.10. The first kappa shape index (κ1) is 18.3. The molecule has 0 radical (unpaired) electrons. The van der Waals surface area contributed by atoms with E-state index in [0.29, 0.717) is 5.75 Å². The zero-order chi connectivity index (χ0) is 16.5. The Morgan fingerprint density at radius 3 is 2.61 bits per heavy atom. The molecule has 1 heterocycles. The molecule has 1 N–H and O–H groups in total. The van der Waals surface area contributed by atoms with Crippen LogP contribution in [-0.4, -0.2) is 33.7 Å². The van der Waals surface area contributed by atoms with Crippen LogP contribution in [0.5, 0.6) is 0 Å². The molecule has 2 aromatic rings. The van der Waals surface area contributed by atoms with E-state index in [9.17, 15) is 4.79 Å². The maximum Gasteiger partial charge on any atom is 0.230 e. The molecule has 23 heavy (non-hydrogen) atoms. The minimum atomic E-state index is 0.0513. The zero-order valence-corrected chi connectivity index (χ0v) is 15.8. The lowest BCUT2D eigenvalue weighted by Crippen LogP contribution is -2.34. The minimum Gasteiger partial charge on any atom is -0.353 e. The van der Waals surface area contributed by atoms with Gasteiger partial charge in [-0.15, -0.1) is 10.2 Å². The quantitative estimate of drug-likeness (QED) is 0.682. The lowest BCUT2D eigenvalue weighted by atomic mass is 10.1. The van der Waals surface area contributed by atoms with Crippen LogP contribution in [0.2, 0.25) is 0 Å². The van der Waals surface area contributed by atoms with E-state index in [4.69, 9.17) is 0 Å². The van der Waals surface area contributed by atoms with Crippen LogP contribution < -0.4 is 5.32 Å². The molecule has 1 atom stereocenters. The molecule has 0 fully saturated rings. The number of nitrogens with one attached hydrogen (secondary N) is 1. The molecule has 0 aliphatic rings. The van der Waals surface area contributed by atoms with Gasteiger partial charge in [-0.2, -0.15) is 0 Å². The van der Waals surface area contributed by atoms with Gasteiger partial charge >= 0.3 is 0 Å². The number of thioether (sulfide) groups is 2. The minimum absolute atomic E-state index is 0.0513. The summed E-state index contributed by atoms with van der Waals surface area (Å²) in [4.78, 5) is 12.0. The lowest BCUT2D eigenvalue weighted by Gasteiger charge is -2.13. The Bertz CT molecular complexity index is 604. The second-order valence-electron chi connectivity index (χ2n) is 5.05. The van der Waals surface area contributed by atoms with E-state index in [-0.39, 0.29) is 11.9 Å². The smallest absolute Gasteiger partial charge is 0.230 e. The number of benzene rings is 1. The molecule has 0 aliphatic heterocycles. The third-order valence-electron chi connectivity index (χ3n) is 3.10. The van der Waals surface area contributed by atoms with E-state index in [1.165, 1.54) is 17.3 Å². The summed E-state index contributed by atoms with van der Waals surface area (Å²) in [6.07, 6.45) is 1.92. The number of amides is 1. The predicted octanol–water partition coefficient (Wildman–Crippen LogP) is 3.88. The van der Waals surface area contributed by atoms with Crippen LogP contribution >= 0.6 is 34.9 Å². The second-order valence-corrected chi connectivity index (χ2v) is 8.76. The Labute approximate surface area is 149 Å². The lowest BCUT2D eigenvalue weighted by molar-refractivity contribution is -0.119. The Morgan fingerprint density at radius 2 is 1.91 bits per heavy atom. The van der Waals surface area contributed by atoms with Gasteiger partial charge in [-0.1, -0.05) is 72.1 Å². The summed E-state index contributed by atoms with van der Waals surface area (Å²) in [5.41, 5.74) is 1.30. The third-order valence-corrected chi connectivity index (χ3v) is 6.17. The first-order chi connectivity index (χ1) is 11.2. The molecule has 1 aromatic carbocycles. The largest absolute Gasteiger partial charge is 0.353 e. The maximum atomic E-state index is 12.0. The number of aromatic nitrogens is 2. The van der Waals surface area contributed by atoms with Gasteiger partial charge in [0.2, 0.25) is 5.91 Å². The Morgan fingerprint density at radius 1 is 1.22 bits per heavy atom. The van der Waals surface area contributed by atoms with Crippen molar-refractivity contribution < 1.29 is 4.79 Å². The summed E-state index contributed by atoms with van der Waals surface area (Å²) in [5.74, 6) is 1.43. The molecule has 4 nitrogen and oxygen atoms in total. The number of nitrogens with zero attached hydrogens (tertiary/aromatic N) is 2. The Balaban J connectivity index is 1.67. The SMILES string of the molecule is CCSc1nnc(SCC(=O)N[C@@H](C)CCc2ccccc2)s1. The second kappa shape index (κ2) is 9.95. The van der Waals surface area contributed by atoms with E-state index in [1.807, 2.05) is 25.1 Å². The van der Waals surface area contributed by atoms with Crippen LogP contribution in [0.25, 0.3) is 0 Å². The van der Waals surface area contributed by atoms with Crippen molar-refractivity contribution in [3.63, 3.8) is 0 Å². The molecule has 0 unspecified atom stereocenters. The van der Waals surface area contributed by atoms with Crippen molar-refractivity contribution in [1.29, 1.82) is 0 Å². The molecule has 0 bridgehead atoms. The maximum absolute atomic E-state index is 12.0. The molecular weight excluding hydrogens is 346 g/mol. The molecule has 0 aliphatic carbocycles. The topological polar surface area (TPSA) is 54.9 Å². The van der Waals surface area contributed by atoms with Crippen molar-refractivity contribution in [3.8, 4) is 0 Å². The average molecular weight is 368 g/mol. The number of hydrogen-bond acceptors (Lipinski definition) is 6. The summed E-state index contributed by atoms with van der Waals surface area (Å²) in [6.45, 7) is 4.13. The number of rotatable bonds is 9. The van der Waals surface area contributed by atoms with Gasteiger partial charge < -0.3 is 5.32 Å². The van der Waals surface area contributed by atoms with Gasteiger partial charge in [-0.25, -0.2) is 0 Å². The van der Waals surface area contributed by atoms with Crippen LogP contribution in [0.3, 0.4) is 0 Å². The van der Waals surface area contributed by atoms with Gasteiger partial charge in [0.15, 0.2) is 8.68 Å². The van der Waals surface area contributed by atoms with Crippen LogP contribution in [0.15, 0.2) is 39.0 Å². The number of carbonyl (C=O) groups excluding carboxylic acids is 1. The van der Waals surface area contributed by atoms with Gasteiger partial charge in [-0.3, -0.25) is 4.79 Å². The summed E-state index contributed by atoms with van der Waals surface area (Å²) in [5, 5.41) is 11.2. The first-order valence-corrected chi connectivity index (χ1v) is 10.4. The molecule has 124 valence electrons. The molecule has 0 saturated heterocycles. The average Bonchev–Trinajstić information content (AvgIpc) is 3.00. The van der Waals surface area contributed by atoms with E-state index < -0.39 is 0 Å². The highest BCUT2D eigenvalue weighted by Crippen LogP contribution is 2.28. The molecule has 7 heteroatoms.